The van der Waals surface area contributed by atoms with Crippen LogP contribution in [-0.4, -0.2) is 17.5 Å². The van der Waals surface area contributed by atoms with Gasteiger partial charge in [0.05, 0.1) is 0 Å². The quantitative estimate of drug-likeness (QED) is 0.812. The highest BCUT2D eigenvalue weighted by Crippen LogP contribution is 2.28. The monoisotopic (exact) mass is 248 g/mol. The van der Waals surface area contributed by atoms with Crippen molar-refractivity contribution in [2.24, 2.45) is 0 Å². The van der Waals surface area contributed by atoms with Gasteiger partial charge < -0.3 is 19.4 Å². The van der Waals surface area contributed by atoms with Gasteiger partial charge in [-0.05, 0) is 24.3 Å². The molecule has 0 amide bonds. The van der Waals surface area contributed by atoms with Crippen LogP contribution in [0.4, 0.5) is 4.39 Å². The number of hydrogen-bond acceptors (Lipinski definition) is 4. The van der Waals surface area contributed by atoms with Crippen molar-refractivity contribution in [2.75, 3.05) is 0 Å². The predicted octanol–water partition coefficient (Wildman–Crippen LogP) is 1.97. The molecule has 0 saturated heterocycles. The van der Waals surface area contributed by atoms with Crippen LogP contribution in [0.2, 0.25) is 0 Å². The van der Waals surface area contributed by atoms with E-state index in [4.69, 9.17) is 9.31 Å². The molecule has 2 rings (SSSR count). The first kappa shape index (κ1) is 12.3. The van der Waals surface area contributed by atoms with E-state index < -0.39 is 18.9 Å². The number of aromatic hydroxyl groups is 1. The Morgan fingerprint density at radius 1 is 0.944 bits per heavy atom. The van der Waals surface area contributed by atoms with Gasteiger partial charge >= 0.3 is 7.32 Å². The van der Waals surface area contributed by atoms with E-state index in [1.807, 2.05) is 0 Å². The maximum atomic E-state index is 13.0. The minimum absolute atomic E-state index is 0.196. The van der Waals surface area contributed by atoms with Gasteiger partial charge in [-0.1, -0.05) is 24.3 Å². The molecule has 0 fully saturated rings. The van der Waals surface area contributed by atoms with Crippen LogP contribution in [0.3, 0.4) is 0 Å². The Labute approximate surface area is 103 Å². The number of rotatable bonds is 4. The Bertz CT molecular complexity index is 521. The number of phenols is 1. The number of para-hydroxylation sites is 2. The summed E-state index contributed by atoms with van der Waals surface area (Å²) in [6.45, 7) is 0. The summed E-state index contributed by atoms with van der Waals surface area (Å²) < 4.78 is 22.9. The zero-order valence-electron chi connectivity index (χ0n) is 9.29. The van der Waals surface area contributed by atoms with E-state index in [2.05, 4.69) is 0 Å². The average Bonchev–Trinajstić information content (AvgIpc) is 2.36. The molecule has 0 unspecified atom stereocenters. The molecule has 0 radical (unpaired) electrons. The van der Waals surface area contributed by atoms with E-state index in [1.165, 1.54) is 12.1 Å². The third-order valence-corrected chi connectivity index (χ3v) is 2.16. The van der Waals surface area contributed by atoms with Crippen LogP contribution in [0, 0.1) is 5.82 Å². The lowest BCUT2D eigenvalue weighted by Gasteiger charge is -2.11. The molecule has 0 saturated carbocycles. The molecule has 6 heteroatoms. The molecule has 0 bridgehead atoms. The van der Waals surface area contributed by atoms with Crippen LogP contribution < -0.4 is 9.31 Å². The normalized spacial score (nSPS) is 9.89. The number of benzene rings is 2. The fourth-order valence-electron chi connectivity index (χ4n) is 1.34. The van der Waals surface area contributed by atoms with E-state index in [0.29, 0.717) is 5.75 Å². The molecular weight excluding hydrogens is 238 g/mol. The van der Waals surface area contributed by atoms with E-state index in [-0.39, 0.29) is 5.75 Å². The molecule has 0 atom stereocenters. The van der Waals surface area contributed by atoms with Crippen molar-refractivity contribution in [3.63, 3.8) is 0 Å². The Morgan fingerprint density at radius 2 is 1.67 bits per heavy atom. The van der Waals surface area contributed by atoms with Gasteiger partial charge in [-0.25, -0.2) is 4.39 Å². The molecule has 0 aromatic heterocycles. The second-order valence-electron chi connectivity index (χ2n) is 3.44. The molecular formula is C12H10BFO4. The largest absolute Gasteiger partial charge is 0.785 e. The van der Waals surface area contributed by atoms with E-state index >= 15 is 0 Å². The minimum atomic E-state index is -1.64. The van der Waals surface area contributed by atoms with Crippen molar-refractivity contribution in [3.8, 4) is 17.2 Å². The molecule has 2 aromatic carbocycles. The predicted molar refractivity (Wildman–Crippen MR) is 63.7 cm³/mol. The SMILES string of the molecule is OB(Oc1ccccc1)Oc1cccc(F)c1O. The number of hydrogen-bond donors (Lipinski definition) is 2. The van der Waals surface area contributed by atoms with Gasteiger partial charge in [0.15, 0.2) is 11.6 Å². The molecule has 2 aromatic rings. The lowest BCUT2D eigenvalue weighted by atomic mass is 10.2. The molecule has 0 spiro atoms. The molecule has 0 heterocycles. The van der Waals surface area contributed by atoms with Crippen LogP contribution in [0.15, 0.2) is 48.5 Å². The van der Waals surface area contributed by atoms with Gasteiger partial charge in [0, 0.05) is 0 Å². The van der Waals surface area contributed by atoms with Crippen LogP contribution in [0.1, 0.15) is 0 Å². The Kier molecular flexibility index (Phi) is 3.69. The summed E-state index contributed by atoms with van der Waals surface area (Å²) in [6.07, 6.45) is 0. The zero-order valence-corrected chi connectivity index (χ0v) is 9.29. The maximum absolute atomic E-state index is 13.0. The lowest BCUT2D eigenvalue weighted by Crippen LogP contribution is -2.29. The van der Waals surface area contributed by atoms with Crippen molar-refractivity contribution in [1.29, 1.82) is 0 Å². The van der Waals surface area contributed by atoms with Crippen LogP contribution >= 0.6 is 0 Å². The minimum Gasteiger partial charge on any atom is -0.502 e. The highest BCUT2D eigenvalue weighted by molar-refractivity contribution is 6.36. The molecule has 2 N–H and O–H groups in total. The van der Waals surface area contributed by atoms with Gasteiger partial charge in [0.25, 0.3) is 0 Å². The Balaban J connectivity index is 2.03. The van der Waals surface area contributed by atoms with Gasteiger partial charge in [0.2, 0.25) is 0 Å². The molecule has 92 valence electrons. The standard InChI is InChI=1S/C12H10BFO4/c14-10-7-4-8-11(12(10)15)18-13(16)17-9-5-2-1-3-6-9/h1-8,15-16H. The van der Waals surface area contributed by atoms with Crippen LogP contribution in [0.25, 0.3) is 0 Å². The smallest absolute Gasteiger partial charge is 0.502 e. The molecule has 18 heavy (non-hydrogen) atoms. The number of halogens is 1. The van der Waals surface area contributed by atoms with Crippen molar-refractivity contribution < 1.29 is 23.8 Å². The summed E-state index contributed by atoms with van der Waals surface area (Å²) in [5.41, 5.74) is 0. The topological polar surface area (TPSA) is 58.9 Å². The van der Waals surface area contributed by atoms with Crippen molar-refractivity contribution >= 4 is 7.32 Å². The van der Waals surface area contributed by atoms with Crippen molar-refractivity contribution in [1.82, 2.24) is 0 Å². The van der Waals surface area contributed by atoms with E-state index in [0.717, 1.165) is 6.07 Å². The Hall–Kier alpha value is -2.21. The van der Waals surface area contributed by atoms with Gasteiger partial charge in [-0.3, -0.25) is 0 Å². The van der Waals surface area contributed by atoms with Gasteiger partial charge in [0.1, 0.15) is 11.5 Å². The summed E-state index contributed by atoms with van der Waals surface area (Å²) in [7, 11) is -1.64. The van der Waals surface area contributed by atoms with Gasteiger partial charge in [-0.2, -0.15) is 0 Å². The Morgan fingerprint density at radius 3 is 2.39 bits per heavy atom. The summed E-state index contributed by atoms with van der Waals surface area (Å²) >= 11 is 0. The average molecular weight is 248 g/mol. The molecule has 0 aliphatic carbocycles. The molecule has 0 aliphatic rings. The summed E-state index contributed by atoms with van der Waals surface area (Å²) in [6, 6.07) is 12.2. The van der Waals surface area contributed by atoms with E-state index in [9.17, 15) is 14.5 Å². The third kappa shape index (κ3) is 2.92. The second-order valence-corrected chi connectivity index (χ2v) is 3.44. The van der Waals surface area contributed by atoms with Crippen LogP contribution in [0.5, 0.6) is 17.2 Å². The fourth-order valence-corrected chi connectivity index (χ4v) is 1.34. The highest BCUT2D eigenvalue weighted by atomic mass is 19.1. The third-order valence-electron chi connectivity index (χ3n) is 2.16. The summed E-state index contributed by atoms with van der Waals surface area (Å²) in [4.78, 5) is 0. The fraction of sp³-hybridized carbons (Fsp3) is 0. The second kappa shape index (κ2) is 5.42. The van der Waals surface area contributed by atoms with E-state index in [1.54, 1.807) is 30.3 Å². The maximum Gasteiger partial charge on any atom is 0.785 e. The first-order valence-corrected chi connectivity index (χ1v) is 5.21. The summed E-state index contributed by atoms with van der Waals surface area (Å²) in [5, 5.41) is 18.8. The molecule has 4 nitrogen and oxygen atoms in total. The van der Waals surface area contributed by atoms with Gasteiger partial charge in [-0.15, -0.1) is 0 Å². The first-order chi connectivity index (χ1) is 8.66. The molecule has 0 aliphatic heterocycles. The zero-order chi connectivity index (χ0) is 13.0. The first-order valence-electron chi connectivity index (χ1n) is 5.21. The van der Waals surface area contributed by atoms with Crippen molar-refractivity contribution in [2.45, 2.75) is 0 Å². The summed E-state index contributed by atoms with van der Waals surface area (Å²) in [5.74, 6) is -1.31. The highest BCUT2D eigenvalue weighted by Gasteiger charge is 2.23. The van der Waals surface area contributed by atoms with Crippen molar-refractivity contribution in [3.05, 3.63) is 54.3 Å². The number of phenolic OH excluding ortho intramolecular Hbond substituents is 1. The lowest BCUT2D eigenvalue weighted by molar-refractivity contribution is 0.288. The van der Waals surface area contributed by atoms with Crippen LogP contribution in [-0.2, 0) is 0 Å².